The van der Waals surface area contributed by atoms with Crippen LogP contribution in [0.1, 0.15) is 36.5 Å². The number of rotatable bonds is 7. The molecule has 0 fully saturated rings. The maximum Gasteiger partial charge on any atom is 0.264 e. The van der Waals surface area contributed by atoms with Crippen LogP contribution in [0, 0.1) is 6.92 Å². The molecule has 6 heteroatoms. The normalized spacial score (nSPS) is 11.4. The molecule has 0 aliphatic carbocycles. The Morgan fingerprint density at radius 1 is 0.903 bits per heavy atom. The Bertz CT molecular complexity index is 1130. The van der Waals surface area contributed by atoms with Crippen LogP contribution in [0.2, 0.25) is 0 Å². The van der Waals surface area contributed by atoms with E-state index in [1.54, 1.807) is 48.5 Å². The predicted octanol–water partition coefficient (Wildman–Crippen LogP) is 5.12. The summed E-state index contributed by atoms with van der Waals surface area (Å²) in [5.74, 6) is 0.321. The van der Waals surface area contributed by atoms with Gasteiger partial charge in [-0.3, -0.25) is 9.10 Å². The lowest BCUT2D eigenvalue weighted by atomic mass is 10.0. The molecule has 0 aliphatic heterocycles. The minimum atomic E-state index is -3.64. The summed E-state index contributed by atoms with van der Waals surface area (Å²) in [6.45, 7) is 6.16. The van der Waals surface area contributed by atoms with E-state index < -0.39 is 10.0 Å². The fourth-order valence-corrected chi connectivity index (χ4v) is 4.37. The molecule has 0 aromatic heterocycles. The Hall–Kier alpha value is -3.12. The molecule has 0 spiro atoms. The van der Waals surface area contributed by atoms with E-state index in [2.05, 4.69) is 19.2 Å². The zero-order valence-electron chi connectivity index (χ0n) is 18.3. The maximum absolute atomic E-state index is 12.8. The number of aryl methyl sites for hydroxylation is 1. The second kappa shape index (κ2) is 9.35. The summed E-state index contributed by atoms with van der Waals surface area (Å²) in [5, 5.41) is 2.90. The smallest absolute Gasteiger partial charge is 0.264 e. The second-order valence-corrected chi connectivity index (χ2v) is 9.92. The van der Waals surface area contributed by atoms with Crippen LogP contribution < -0.4 is 9.62 Å². The zero-order valence-corrected chi connectivity index (χ0v) is 19.1. The summed E-state index contributed by atoms with van der Waals surface area (Å²) >= 11 is 0. The molecule has 3 aromatic rings. The van der Waals surface area contributed by atoms with Crippen LogP contribution in [0.3, 0.4) is 0 Å². The zero-order chi connectivity index (χ0) is 22.6. The number of carbonyl (C=O) groups excluding carboxylic acids is 1. The topological polar surface area (TPSA) is 66.5 Å². The lowest BCUT2D eigenvalue weighted by Crippen LogP contribution is -2.26. The van der Waals surface area contributed by atoms with Crippen LogP contribution in [0.4, 0.5) is 11.4 Å². The van der Waals surface area contributed by atoms with Crippen molar-refractivity contribution in [3.63, 3.8) is 0 Å². The highest BCUT2D eigenvalue weighted by Crippen LogP contribution is 2.23. The molecule has 0 unspecified atom stereocenters. The van der Waals surface area contributed by atoms with E-state index in [1.165, 1.54) is 16.9 Å². The molecule has 5 nitrogen and oxygen atoms in total. The fourth-order valence-electron chi connectivity index (χ4n) is 3.17. The molecule has 0 atom stereocenters. The van der Waals surface area contributed by atoms with Crippen LogP contribution in [0.25, 0.3) is 0 Å². The van der Waals surface area contributed by atoms with Crippen molar-refractivity contribution in [1.29, 1.82) is 0 Å². The third kappa shape index (κ3) is 5.52. The van der Waals surface area contributed by atoms with Crippen molar-refractivity contribution in [2.24, 2.45) is 0 Å². The van der Waals surface area contributed by atoms with E-state index in [1.807, 2.05) is 31.2 Å². The first kappa shape index (κ1) is 22.6. The van der Waals surface area contributed by atoms with Gasteiger partial charge in [0.2, 0.25) is 5.91 Å². The van der Waals surface area contributed by atoms with Gasteiger partial charge in [0, 0.05) is 12.7 Å². The second-order valence-electron chi connectivity index (χ2n) is 7.95. The molecule has 1 N–H and O–H groups in total. The number of benzene rings is 3. The molecule has 0 aliphatic rings. The number of amides is 1. The first-order valence-electron chi connectivity index (χ1n) is 10.2. The number of anilines is 2. The van der Waals surface area contributed by atoms with Crippen LogP contribution in [0.5, 0.6) is 0 Å². The van der Waals surface area contributed by atoms with Crippen LogP contribution in [0.15, 0.2) is 77.7 Å². The standard InChI is InChI=1S/C25H28N2O3S/c1-18(2)21-9-11-22(12-10-21)26-25(28)17-20-7-13-23(14-8-20)27(4)31(29,30)24-15-5-19(3)6-16-24/h5-16,18H,17H2,1-4H3,(H,26,28). The van der Waals surface area contributed by atoms with E-state index in [4.69, 9.17) is 0 Å². The third-order valence-electron chi connectivity index (χ3n) is 5.21. The third-order valence-corrected chi connectivity index (χ3v) is 7.00. The highest BCUT2D eigenvalue weighted by molar-refractivity contribution is 7.92. The molecule has 162 valence electrons. The van der Waals surface area contributed by atoms with Gasteiger partial charge in [-0.1, -0.05) is 55.8 Å². The highest BCUT2D eigenvalue weighted by atomic mass is 32.2. The number of nitrogens with one attached hydrogen (secondary N) is 1. The van der Waals surface area contributed by atoms with Crippen molar-refractivity contribution in [2.75, 3.05) is 16.7 Å². The van der Waals surface area contributed by atoms with Crippen LogP contribution in [-0.4, -0.2) is 21.4 Å². The summed E-state index contributed by atoms with van der Waals surface area (Å²) in [6.07, 6.45) is 0.209. The van der Waals surface area contributed by atoms with Crippen molar-refractivity contribution in [1.82, 2.24) is 0 Å². The summed E-state index contributed by atoms with van der Waals surface area (Å²) in [5.41, 5.74) is 4.32. The van der Waals surface area contributed by atoms with E-state index in [-0.39, 0.29) is 17.2 Å². The van der Waals surface area contributed by atoms with Gasteiger partial charge in [-0.15, -0.1) is 0 Å². The fraction of sp³-hybridized carbons (Fsp3) is 0.240. The minimum absolute atomic E-state index is 0.120. The Balaban J connectivity index is 1.65. The van der Waals surface area contributed by atoms with Crippen molar-refractivity contribution >= 4 is 27.3 Å². The van der Waals surface area contributed by atoms with Gasteiger partial charge in [-0.25, -0.2) is 8.42 Å². The Labute approximate surface area is 184 Å². The molecule has 31 heavy (non-hydrogen) atoms. The molecule has 1 amide bonds. The number of nitrogens with zero attached hydrogens (tertiary/aromatic N) is 1. The summed E-state index contributed by atoms with van der Waals surface area (Å²) in [4.78, 5) is 12.6. The summed E-state index contributed by atoms with van der Waals surface area (Å²) in [6, 6.07) is 21.6. The average molecular weight is 437 g/mol. The number of hydrogen-bond acceptors (Lipinski definition) is 3. The van der Waals surface area contributed by atoms with Gasteiger partial charge in [0.15, 0.2) is 0 Å². The minimum Gasteiger partial charge on any atom is -0.326 e. The van der Waals surface area contributed by atoms with Gasteiger partial charge in [0.05, 0.1) is 17.0 Å². The first-order chi connectivity index (χ1) is 14.7. The summed E-state index contributed by atoms with van der Waals surface area (Å²) < 4.78 is 26.9. The lowest BCUT2D eigenvalue weighted by molar-refractivity contribution is -0.115. The van der Waals surface area contributed by atoms with E-state index in [0.717, 1.165) is 16.8 Å². The molecular weight excluding hydrogens is 408 g/mol. The molecule has 0 radical (unpaired) electrons. The maximum atomic E-state index is 12.8. The van der Waals surface area contributed by atoms with Crippen LogP contribution in [-0.2, 0) is 21.2 Å². The van der Waals surface area contributed by atoms with Gasteiger partial charge >= 0.3 is 0 Å². The Morgan fingerprint density at radius 3 is 2.03 bits per heavy atom. The van der Waals surface area contributed by atoms with E-state index in [0.29, 0.717) is 11.6 Å². The monoisotopic (exact) mass is 436 g/mol. The average Bonchev–Trinajstić information content (AvgIpc) is 2.74. The van der Waals surface area contributed by atoms with Crippen molar-refractivity contribution in [3.8, 4) is 0 Å². The van der Waals surface area contributed by atoms with Gasteiger partial charge in [0.25, 0.3) is 10.0 Å². The number of sulfonamides is 1. The van der Waals surface area contributed by atoms with Crippen molar-refractivity contribution in [3.05, 3.63) is 89.5 Å². The largest absolute Gasteiger partial charge is 0.326 e. The first-order valence-corrected chi connectivity index (χ1v) is 11.6. The Morgan fingerprint density at radius 2 is 1.48 bits per heavy atom. The molecule has 0 saturated heterocycles. The summed E-state index contributed by atoms with van der Waals surface area (Å²) in [7, 11) is -2.12. The van der Waals surface area contributed by atoms with E-state index >= 15 is 0 Å². The lowest BCUT2D eigenvalue weighted by Gasteiger charge is -2.20. The molecule has 0 heterocycles. The molecule has 0 saturated carbocycles. The van der Waals surface area contributed by atoms with Gasteiger partial charge in [-0.05, 0) is 60.4 Å². The van der Waals surface area contributed by atoms with Crippen molar-refractivity contribution in [2.45, 2.75) is 38.0 Å². The molecule has 3 aromatic carbocycles. The molecular formula is C25H28N2O3S. The SMILES string of the molecule is Cc1ccc(S(=O)(=O)N(C)c2ccc(CC(=O)Nc3ccc(C(C)C)cc3)cc2)cc1. The molecule has 3 rings (SSSR count). The molecule has 0 bridgehead atoms. The van der Waals surface area contributed by atoms with Crippen molar-refractivity contribution < 1.29 is 13.2 Å². The number of hydrogen-bond donors (Lipinski definition) is 1. The Kier molecular flexibility index (Phi) is 6.81. The van der Waals surface area contributed by atoms with Gasteiger partial charge < -0.3 is 5.32 Å². The van der Waals surface area contributed by atoms with Gasteiger partial charge in [0.1, 0.15) is 0 Å². The predicted molar refractivity (Wildman–Crippen MR) is 126 cm³/mol. The van der Waals surface area contributed by atoms with Crippen LogP contribution >= 0.6 is 0 Å². The van der Waals surface area contributed by atoms with Gasteiger partial charge in [-0.2, -0.15) is 0 Å². The van der Waals surface area contributed by atoms with E-state index in [9.17, 15) is 13.2 Å². The number of carbonyl (C=O) groups is 1. The highest BCUT2D eigenvalue weighted by Gasteiger charge is 2.21. The quantitative estimate of drug-likeness (QED) is 0.559.